The van der Waals surface area contributed by atoms with Crippen molar-refractivity contribution < 1.29 is 0 Å². The molecular weight excluding hydrogens is 306 g/mol. The molecule has 23 heavy (non-hydrogen) atoms. The van der Waals surface area contributed by atoms with E-state index in [2.05, 4.69) is 64.0 Å². The van der Waals surface area contributed by atoms with Gasteiger partial charge in [0.15, 0.2) is 5.96 Å². The maximum atomic E-state index is 4.61. The van der Waals surface area contributed by atoms with Gasteiger partial charge < -0.3 is 15.5 Å². The third kappa shape index (κ3) is 5.65. The maximum Gasteiger partial charge on any atom is 0.191 e. The minimum absolute atomic E-state index is 0.328. The normalized spacial score (nSPS) is 13.1. The van der Waals surface area contributed by atoms with E-state index in [1.54, 1.807) is 17.5 Å². The number of thiophene rings is 1. The standard InChI is InChI=1S/C17H25N5S/c1-4-18-17(20-12-14-8-5-6-10-19-14)21-13-15(22(2)3)16-9-7-11-23-16/h5-11,15H,4,12-13H2,1-3H3,(H2,18,20,21). The Hall–Kier alpha value is -1.92. The van der Waals surface area contributed by atoms with E-state index in [-0.39, 0.29) is 0 Å². The van der Waals surface area contributed by atoms with Gasteiger partial charge in [-0.05, 0) is 44.6 Å². The summed E-state index contributed by atoms with van der Waals surface area (Å²) in [5.41, 5.74) is 0.965. The van der Waals surface area contributed by atoms with Gasteiger partial charge in [0.2, 0.25) is 0 Å². The van der Waals surface area contributed by atoms with E-state index in [1.807, 2.05) is 18.2 Å². The Morgan fingerprint density at radius 3 is 2.74 bits per heavy atom. The molecule has 1 atom stereocenters. The van der Waals surface area contributed by atoms with Crippen LogP contribution in [0.2, 0.25) is 0 Å². The number of hydrogen-bond acceptors (Lipinski definition) is 4. The molecule has 1 unspecified atom stereocenters. The van der Waals surface area contributed by atoms with Gasteiger partial charge in [-0.1, -0.05) is 12.1 Å². The molecule has 0 radical (unpaired) electrons. The summed E-state index contributed by atoms with van der Waals surface area (Å²) in [5, 5.41) is 8.84. The summed E-state index contributed by atoms with van der Waals surface area (Å²) in [4.78, 5) is 12.5. The first kappa shape index (κ1) is 17.4. The van der Waals surface area contributed by atoms with Crippen molar-refractivity contribution in [2.75, 3.05) is 27.2 Å². The molecule has 2 N–H and O–H groups in total. The molecule has 2 rings (SSSR count). The monoisotopic (exact) mass is 331 g/mol. The van der Waals surface area contributed by atoms with Crippen molar-refractivity contribution in [1.82, 2.24) is 20.5 Å². The molecule has 0 saturated carbocycles. The van der Waals surface area contributed by atoms with Crippen LogP contribution in [0.25, 0.3) is 0 Å². The lowest BCUT2D eigenvalue weighted by molar-refractivity contribution is 0.302. The fourth-order valence-corrected chi connectivity index (χ4v) is 3.13. The lowest BCUT2D eigenvalue weighted by Crippen LogP contribution is -2.41. The topological polar surface area (TPSA) is 52.6 Å². The van der Waals surface area contributed by atoms with Crippen molar-refractivity contribution in [3.63, 3.8) is 0 Å². The summed E-state index contributed by atoms with van der Waals surface area (Å²) in [7, 11) is 4.20. The van der Waals surface area contributed by atoms with Crippen LogP contribution < -0.4 is 10.6 Å². The zero-order valence-corrected chi connectivity index (χ0v) is 14.8. The van der Waals surface area contributed by atoms with E-state index in [0.29, 0.717) is 12.6 Å². The number of pyridine rings is 1. The highest BCUT2D eigenvalue weighted by Crippen LogP contribution is 2.22. The average Bonchev–Trinajstić information content (AvgIpc) is 3.07. The summed E-state index contributed by atoms with van der Waals surface area (Å²) in [6, 6.07) is 10.5. The highest BCUT2D eigenvalue weighted by atomic mass is 32.1. The number of likely N-dealkylation sites (N-methyl/N-ethyl adjacent to an activating group) is 1. The molecule has 0 amide bonds. The second-order valence-electron chi connectivity index (χ2n) is 5.39. The number of aliphatic imine (C=N–C) groups is 1. The Bertz CT molecular complexity index is 580. The van der Waals surface area contributed by atoms with Gasteiger partial charge >= 0.3 is 0 Å². The van der Waals surface area contributed by atoms with E-state index in [0.717, 1.165) is 24.7 Å². The van der Waals surface area contributed by atoms with Gasteiger partial charge in [-0.15, -0.1) is 11.3 Å². The first-order valence-corrected chi connectivity index (χ1v) is 8.70. The SMILES string of the molecule is CCNC(=NCc1ccccn1)NCC(c1cccs1)N(C)C. The molecule has 6 heteroatoms. The highest BCUT2D eigenvalue weighted by molar-refractivity contribution is 7.10. The summed E-state index contributed by atoms with van der Waals surface area (Å²) < 4.78 is 0. The van der Waals surface area contributed by atoms with Crippen molar-refractivity contribution in [3.8, 4) is 0 Å². The number of nitrogens with one attached hydrogen (secondary N) is 2. The predicted molar refractivity (Wildman–Crippen MR) is 97.8 cm³/mol. The molecule has 2 aromatic heterocycles. The molecule has 0 aliphatic rings. The fraction of sp³-hybridized carbons (Fsp3) is 0.412. The molecule has 2 heterocycles. The van der Waals surface area contributed by atoms with Crippen LogP contribution in [0.4, 0.5) is 0 Å². The number of hydrogen-bond donors (Lipinski definition) is 2. The van der Waals surface area contributed by atoms with E-state index in [9.17, 15) is 0 Å². The molecular formula is C17H25N5S. The molecule has 0 fully saturated rings. The van der Waals surface area contributed by atoms with Crippen molar-refractivity contribution >= 4 is 17.3 Å². The van der Waals surface area contributed by atoms with Crippen molar-refractivity contribution in [1.29, 1.82) is 0 Å². The Morgan fingerprint density at radius 2 is 2.13 bits per heavy atom. The minimum Gasteiger partial charge on any atom is -0.357 e. The molecule has 2 aromatic rings. The van der Waals surface area contributed by atoms with Crippen molar-refractivity contribution in [2.45, 2.75) is 19.5 Å². The first-order valence-electron chi connectivity index (χ1n) is 7.82. The van der Waals surface area contributed by atoms with E-state index in [1.165, 1.54) is 4.88 Å². The van der Waals surface area contributed by atoms with Crippen LogP contribution >= 0.6 is 11.3 Å². The Kier molecular flexibility index (Phi) is 7.03. The summed E-state index contributed by atoms with van der Waals surface area (Å²) >= 11 is 1.78. The van der Waals surface area contributed by atoms with Crippen LogP contribution in [-0.2, 0) is 6.54 Å². The first-order chi connectivity index (χ1) is 11.2. The number of nitrogens with zero attached hydrogens (tertiary/aromatic N) is 3. The zero-order valence-electron chi connectivity index (χ0n) is 14.0. The van der Waals surface area contributed by atoms with Gasteiger partial charge in [-0.2, -0.15) is 0 Å². The molecule has 124 valence electrons. The number of guanidine groups is 1. The van der Waals surface area contributed by atoms with Gasteiger partial charge in [0.05, 0.1) is 18.3 Å². The van der Waals surface area contributed by atoms with Gasteiger partial charge in [0.25, 0.3) is 0 Å². The third-order valence-corrected chi connectivity index (χ3v) is 4.40. The van der Waals surface area contributed by atoms with Crippen LogP contribution in [0.15, 0.2) is 46.9 Å². The lowest BCUT2D eigenvalue weighted by atomic mass is 10.2. The van der Waals surface area contributed by atoms with Crippen LogP contribution in [-0.4, -0.2) is 43.0 Å². The molecule has 0 saturated heterocycles. The van der Waals surface area contributed by atoms with Crippen molar-refractivity contribution in [3.05, 3.63) is 52.5 Å². The molecule has 0 spiro atoms. The van der Waals surface area contributed by atoms with Crippen LogP contribution in [0, 0.1) is 0 Å². The molecule has 0 bridgehead atoms. The largest absolute Gasteiger partial charge is 0.357 e. The summed E-state index contributed by atoms with van der Waals surface area (Å²) in [6.07, 6.45) is 1.80. The van der Waals surface area contributed by atoms with Crippen LogP contribution in [0.3, 0.4) is 0 Å². The minimum atomic E-state index is 0.328. The van der Waals surface area contributed by atoms with Gasteiger partial charge in [0.1, 0.15) is 0 Å². The van der Waals surface area contributed by atoms with E-state index in [4.69, 9.17) is 0 Å². The van der Waals surface area contributed by atoms with E-state index >= 15 is 0 Å². The molecule has 0 aliphatic carbocycles. The Morgan fingerprint density at radius 1 is 1.26 bits per heavy atom. The van der Waals surface area contributed by atoms with Gasteiger partial charge in [0, 0.05) is 24.2 Å². The average molecular weight is 331 g/mol. The molecule has 5 nitrogen and oxygen atoms in total. The van der Waals surface area contributed by atoms with Crippen LogP contribution in [0.5, 0.6) is 0 Å². The van der Waals surface area contributed by atoms with Crippen LogP contribution in [0.1, 0.15) is 23.5 Å². The molecule has 0 aromatic carbocycles. The van der Waals surface area contributed by atoms with Gasteiger partial charge in [-0.3, -0.25) is 4.98 Å². The zero-order chi connectivity index (χ0) is 16.5. The maximum absolute atomic E-state index is 4.61. The lowest BCUT2D eigenvalue weighted by Gasteiger charge is -2.24. The highest BCUT2D eigenvalue weighted by Gasteiger charge is 2.15. The van der Waals surface area contributed by atoms with Gasteiger partial charge in [-0.25, -0.2) is 4.99 Å². The quantitative estimate of drug-likeness (QED) is 0.605. The smallest absolute Gasteiger partial charge is 0.191 e. The predicted octanol–water partition coefficient (Wildman–Crippen LogP) is 2.50. The van der Waals surface area contributed by atoms with E-state index < -0.39 is 0 Å². The fourth-order valence-electron chi connectivity index (χ4n) is 2.21. The third-order valence-electron chi connectivity index (χ3n) is 3.43. The Balaban J connectivity index is 1.98. The second-order valence-corrected chi connectivity index (χ2v) is 6.37. The number of aromatic nitrogens is 1. The van der Waals surface area contributed by atoms with Crippen molar-refractivity contribution in [2.24, 2.45) is 4.99 Å². The Labute approximate surface area is 142 Å². The summed E-state index contributed by atoms with van der Waals surface area (Å²) in [5.74, 6) is 0.821. The second kappa shape index (κ2) is 9.27. The summed E-state index contributed by atoms with van der Waals surface area (Å²) in [6.45, 7) is 4.28. The number of rotatable bonds is 7. The molecule has 0 aliphatic heterocycles.